The summed E-state index contributed by atoms with van der Waals surface area (Å²) in [6, 6.07) is 9.04. The van der Waals surface area contributed by atoms with Gasteiger partial charge in [0.2, 0.25) is 5.69 Å². The normalized spacial score (nSPS) is 10.4. The third-order valence-corrected chi connectivity index (χ3v) is 3.19. The predicted octanol–water partition coefficient (Wildman–Crippen LogP) is 2.25. The molecule has 1 aromatic carbocycles. The van der Waals surface area contributed by atoms with Gasteiger partial charge >= 0.3 is 11.9 Å². The van der Waals surface area contributed by atoms with Crippen molar-refractivity contribution in [2.75, 3.05) is 5.33 Å². The van der Waals surface area contributed by atoms with E-state index in [4.69, 9.17) is 4.74 Å². The van der Waals surface area contributed by atoms with Crippen molar-refractivity contribution in [1.29, 1.82) is 0 Å². The Morgan fingerprint density at radius 1 is 1.18 bits per heavy atom. The molecular weight excluding hydrogens is 356 g/mol. The van der Waals surface area contributed by atoms with Crippen molar-refractivity contribution in [3.05, 3.63) is 47.3 Å². The Morgan fingerprint density at radius 2 is 1.86 bits per heavy atom. The molecule has 116 valence electrons. The number of rotatable bonds is 7. The summed E-state index contributed by atoms with van der Waals surface area (Å²) in [6.45, 7) is 0.276. The minimum Gasteiger partial charge on any atom is -0.484 e. The second kappa shape index (κ2) is 7.08. The van der Waals surface area contributed by atoms with E-state index in [9.17, 15) is 19.8 Å². The number of aryl methyl sites for hydroxylation is 1. The summed E-state index contributed by atoms with van der Waals surface area (Å²) in [5.74, 6) is -2.85. The highest BCUT2D eigenvalue weighted by Gasteiger charge is 2.28. The van der Waals surface area contributed by atoms with Gasteiger partial charge in [-0.1, -0.05) is 46.3 Å². The molecule has 0 aliphatic heterocycles. The fraction of sp³-hybridized carbons (Fsp3) is 0.214. The maximum Gasteiger partial charge on any atom is 0.360 e. The highest BCUT2D eigenvalue weighted by atomic mass is 79.9. The molecule has 0 spiro atoms. The molecule has 0 unspecified atom stereocenters. The van der Waals surface area contributed by atoms with Gasteiger partial charge in [-0.05, 0) is 5.56 Å². The SMILES string of the molecule is O=C(O)c1nn(CCBr)c(C(=O)O)c1OCc1ccccc1. The zero-order valence-electron chi connectivity index (χ0n) is 11.4. The van der Waals surface area contributed by atoms with Crippen molar-refractivity contribution in [2.45, 2.75) is 13.2 Å². The van der Waals surface area contributed by atoms with Gasteiger partial charge in [-0.2, -0.15) is 5.10 Å². The van der Waals surface area contributed by atoms with Crippen LogP contribution in [-0.2, 0) is 13.2 Å². The average molecular weight is 369 g/mol. The van der Waals surface area contributed by atoms with Crippen LogP contribution in [0.1, 0.15) is 26.5 Å². The average Bonchev–Trinajstić information content (AvgIpc) is 2.85. The number of halogens is 1. The van der Waals surface area contributed by atoms with Crippen molar-refractivity contribution < 1.29 is 24.5 Å². The second-order valence-corrected chi connectivity index (χ2v) is 5.12. The molecular formula is C14H13BrN2O5. The lowest BCUT2D eigenvalue weighted by molar-refractivity contribution is 0.0675. The summed E-state index contributed by atoms with van der Waals surface area (Å²) < 4.78 is 6.56. The summed E-state index contributed by atoms with van der Waals surface area (Å²) in [4.78, 5) is 22.7. The first kappa shape index (κ1) is 16.0. The highest BCUT2D eigenvalue weighted by molar-refractivity contribution is 9.09. The van der Waals surface area contributed by atoms with Crippen LogP contribution in [0.3, 0.4) is 0 Å². The number of carboxylic acids is 2. The van der Waals surface area contributed by atoms with Crippen molar-refractivity contribution in [3.8, 4) is 5.75 Å². The Morgan fingerprint density at radius 3 is 2.41 bits per heavy atom. The molecule has 0 amide bonds. The Balaban J connectivity index is 2.38. The van der Waals surface area contributed by atoms with E-state index in [1.807, 2.05) is 18.2 Å². The number of aromatic nitrogens is 2. The van der Waals surface area contributed by atoms with Gasteiger partial charge in [-0.3, -0.25) is 4.68 Å². The van der Waals surface area contributed by atoms with E-state index in [0.717, 1.165) is 10.2 Å². The zero-order valence-corrected chi connectivity index (χ0v) is 13.0. The monoisotopic (exact) mass is 368 g/mol. The first-order valence-electron chi connectivity index (χ1n) is 6.34. The zero-order chi connectivity index (χ0) is 16.1. The number of alkyl halides is 1. The van der Waals surface area contributed by atoms with Crippen LogP contribution in [-0.4, -0.2) is 37.3 Å². The molecule has 0 saturated carbocycles. The van der Waals surface area contributed by atoms with Crippen LogP contribution in [0, 0.1) is 0 Å². The molecule has 1 aromatic heterocycles. The third-order valence-electron chi connectivity index (χ3n) is 2.84. The van der Waals surface area contributed by atoms with Crippen LogP contribution in [0.2, 0.25) is 0 Å². The smallest absolute Gasteiger partial charge is 0.360 e. The minimum atomic E-state index is -1.33. The van der Waals surface area contributed by atoms with E-state index in [-0.39, 0.29) is 24.6 Å². The molecule has 7 nitrogen and oxygen atoms in total. The number of carboxylic acid groups (broad SMARTS) is 2. The van der Waals surface area contributed by atoms with Crippen LogP contribution in [0.4, 0.5) is 0 Å². The lowest BCUT2D eigenvalue weighted by Gasteiger charge is -2.07. The van der Waals surface area contributed by atoms with Crippen molar-refractivity contribution in [1.82, 2.24) is 9.78 Å². The van der Waals surface area contributed by atoms with E-state index in [2.05, 4.69) is 21.0 Å². The molecule has 2 N–H and O–H groups in total. The van der Waals surface area contributed by atoms with Gasteiger partial charge < -0.3 is 14.9 Å². The lowest BCUT2D eigenvalue weighted by Crippen LogP contribution is -2.12. The van der Waals surface area contributed by atoms with Gasteiger partial charge in [-0.25, -0.2) is 9.59 Å². The van der Waals surface area contributed by atoms with Crippen LogP contribution >= 0.6 is 15.9 Å². The first-order valence-corrected chi connectivity index (χ1v) is 7.46. The molecule has 0 fully saturated rings. The molecule has 22 heavy (non-hydrogen) atoms. The van der Waals surface area contributed by atoms with Crippen molar-refractivity contribution in [2.24, 2.45) is 0 Å². The number of hydrogen-bond acceptors (Lipinski definition) is 4. The Bertz CT molecular complexity index is 684. The molecule has 0 aliphatic carbocycles. The number of hydrogen-bond donors (Lipinski definition) is 2. The van der Waals surface area contributed by atoms with E-state index >= 15 is 0 Å². The molecule has 0 radical (unpaired) electrons. The molecule has 0 atom stereocenters. The maximum absolute atomic E-state index is 11.4. The number of ether oxygens (including phenoxy) is 1. The van der Waals surface area contributed by atoms with E-state index < -0.39 is 17.6 Å². The van der Waals surface area contributed by atoms with Crippen LogP contribution < -0.4 is 4.74 Å². The Hall–Kier alpha value is -2.35. The van der Waals surface area contributed by atoms with Gasteiger partial charge in [-0.15, -0.1) is 0 Å². The number of benzene rings is 1. The van der Waals surface area contributed by atoms with Gasteiger partial charge in [0.25, 0.3) is 0 Å². The largest absolute Gasteiger partial charge is 0.484 e. The molecule has 2 rings (SSSR count). The summed E-state index contributed by atoms with van der Waals surface area (Å²) in [5, 5.41) is 22.8. The fourth-order valence-corrected chi connectivity index (χ4v) is 2.24. The van der Waals surface area contributed by atoms with Gasteiger partial charge in [0.05, 0.1) is 6.54 Å². The molecule has 0 saturated heterocycles. The molecule has 0 bridgehead atoms. The predicted molar refractivity (Wildman–Crippen MR) is 80.7 cm³/mol. The van der Waals surface area contributed by atoms with E-state index in [1.54, 1.807) is 12.1 Å². The Labute approximate surface area is 134 Å². The molecule has 8 heteroatoms. The number of aromatic carboxylic acids is 2. The molecule has 2 aromatic rings. The summed E-state index contributed by atoms with van der Waals surface area (Å²) in [5.41, 5.74) is 0.116. The van der Waals surface area contributed by atoms with Crippen molar-refractivity contribution in [3.63, 3.8) is 0 Å². The maximum atomic E-state index is 11.4. The summed E-state index contributed by atoms with van der Waals surface area (Å²) >= 11 is 3.17. The second-order valence-electron chi connectivity index (χ2n) is 4.32. The van der Waals surface area contributed by atoms with Gasteiger partial charge in [0.1, 0.15) is 6.61 Å². The summed E-state index contributed by atoms with van der Waals surface area (Å²) in [6.07, 6.45) is 0. The van der Waals surface area contributed by atoms with Gasteiger partial charge in [0.15, 0.2) is 11.4 Å². The molecule has 0 aliphatic rings. The minimum absolute atomic E-state index is 0.0570. The van der Waals surface area contributed by atoms with E-state index in [1.165, 1.54) is 0 Å². The third kappa shape index (κ3) is 3.45. The lowest BCUT2D eigenvalue weighted by atomic mass is 10.2. The van der Waals surface area contributed by atoms with Gasteiger partial charge in [0, 0.05) is 5.33 Å². The first-order chi connectivity index (χ1) is 10.5. The Kier molecular flexibility index (Phi) is 5.16. The number of carbonyl (C=O) groups is 2. The fourth-order valence-electron chi connectivity index (χ4n) is 1.90. The highest BCUT2D eigenvalue weighted by Crippen LogP contribution is 2.25. The quantitative estimate of drug-likeness (QED) is 0.726. The van der Waals surface area contributed by atoms with Crippen molar-refractivity contribution >= 4 is 27.9 Å². The number of nitrogens with zero attached hydrogens (tertiary/aromatic N) is 2. The summed E-state index contributed by atoms with van der Waals surface area (Å²) in [7, 11) is 0. The van der Waals surface area contributed by atoms with Crippen LogP contribution in [0.15, 0.2) is 30.3 Å². The standard InChI is InChI=1S/C14H13BrN2O5/c15-6-7-17-11(14(20)21)12(10(16-17)13(18)19)22-8-9-4-2-1-3-5-9/h1-5H,6-8H2,(H,18,19)(H,20,21). The van der Waals surface area contributed by atoms with Crippen LogP contribution in [0.5, 0.6) is 5.75 Å². The van der Waals surface area contributed by atoms with E-state index in [0.29, 0.717) is 5.33 Å². The van der Waals surface area contributed by atoms with Crippen LogP contribution in [0.25, 0.3) is 0 Å². The molecule has 1 heterocycles. The topological polar surface area (TPSA) is 102 Å².